The van der Waals surface area contributed by atoms with Crippen molar-refractivity contribution in [3.63, 3.8) is 0 Å². The van der Waals surface area contributed by atoms with E-state index in [9.17, 15) is 13.2 Å². The Kier molecular flexibility index (Phi) is 5.16. The molecule has 0 unspecified atom stereocenters. The maximum absolute atomic E-state index is 12.5. The molecular weight excluding hydrogens is 362 g/mol. The highest BCUT2D eigenvalue weighted by atomic mass is 32.2. The molecule has 1 N–H and O–H groups in total. The third kappa shape index (κ3) is 4.29. The molecular formula is C20H29N3O3S. The number of amides is 2. The summed E-state index contributed by atoms with van der Waals surface area (Å²) in [6, 6.07) is 8.41. The second kappa shape index (κ2) is 7.43. The minimum absolute atomic E-state index is 0.0498. The van der Waals surface area contributed by atoms with Crippen LogP contribution in [-0.4, -0.2) is 61.1 Å². The minimum Gasteiger partial charge on any atom is -0.334 e. The number of urea groups is 1. The predicted molar refractivity (Wildman–Crippen MR) is 105 cm³/mol. The molecule has 0 spiro atoms. The predicted octanol–water partition coefficient (Wildman–Crippen LogP) is 2.14. The molecule has 1 saturated carbocycles. The number of carbonyl (C=O) groups excluding carboxylic acids is 1. The van der Waals surface area contributed by atoms with Crippen LogP contribution in [0.4, 0.5) is 4.79 Å². The highest BCUT2D eigenvalue weighted by molar-refractivity contribution is 7.90. The number of aryl methyl sites for hydroxylation is 1. The summed E-state index contributed by atoms with van der Waals surface area (Å²) in [5.41, 5.74) is 2.60. The first-order valence-electron chi connectivity index (χ1n) is 10.0. The van der Waals surface area contributed by atoms with Gasteiger partial charge in [0.1, 0.15) is 0 Å². The average molecular weight is 392 g/mol. The van der Waals surface area contributed by atoms with Crippen molar-refractivity contribution in [2.45, 2.75) is 50.3 Å². The monoisotopic (exact) mass is 391 g/mol. The van der Waals surface area contributed by atoms with Crippen LogP contribution in [0.5, 0.6) is 0 Å². The molecule has 1 aliphatic carbocycles. The Morgan fingerprint density at radius 1 is 1.19 bits per heavy atom. The number of rotatable bonds is 5. The van der Waals surface area contributed by atoms with Gasteiger partial charge in [-0.15, -0.1) is 0 Å². The fourth-order valence-corrected chi connectivity index (χ4v) is 6.10. The van der Waals surface area contributed by atoms with Gasteiger partial charge in [-0.1, -0.05) is 29.8 Å². The van der Waals surface area contributed by atoms with E-state index in [0.29, 0.717) is 19.0 Å². The molecule has 1 atom stereocenters. The van der Waals surface area contributed by atoms with Crippen molar-refractivity contribution in [3.8, 4) is 0 Å². The average Bonchev–Trinajstić information content (AvgIpc) is 3.43. The molecule has 0 aromatic heterocycles. The zero-order valence-electron chi connectivity index (χ0n) is 15.9. The fourth-order valence-electron chi connectivity index (χ4n) is 4.17. The second-order valence-corrected chi connectivity index (χ2v) is 10.6. The molecule has 0 bridgehead atoms. The number of carbonyl (C=O) groups is 1. The minimum atomic E-state index is -3.15. The van der Waals surface area contributed by atoms with Crippen LogP contribution in [0.1, 0.15) is 36.8 Å². The molecule has 2 aliphatic heterocycles. The SMILES string of the molecule is Cc1cccc(CC2CN(C(=O)N[C@@H]3CCCN(S(=O)(=O)C4CC4)C3)C2)c1. The van der Waals surface area contributed by atoms with Gasteiger partial charge >= 0.3 is 6.03 Å². The zero-order valence-corrected chi connectivity index (χ0v) is 16.7. The highest BCUT2D eigenvalue weighted by Crippen LogP contribution is 2.32. The summed E-state index contributed by atoms with van der Waals surface area (Å²) < 4.78 is 26.4. The number of piperidine rings is 1. The molecule has 4 rings (SSSR count). The molecule has 0 radical (unpaired) electrons. The van der Waals surface area contributed by atoms with Gasteiger partial charge in [-0.25, -0.2) is 13.2 Å². The summed E-state index contributed by atoms with van der Waals surface area (Å²) in [5, 5.41) is 2.88. The van der Waals surface area contributed by atoms with E-state index in [1.165, 1.54) is 11.1 Å². The number of likely N-dealkylation sites (tertiary alicyclic amines) is 1. The molecule has 1 aromatic carbocycles. The quantitative estimate of drug-likeness (QED) is 0.836. The zero-order chi connectivity index (χ0) is 19.0. The number of benzene rings is 1. The summed E-state index contributed by atoms with van der Waals surface area (Å²) in [6.45, 7) is 4.66. The standard InChI is InChI=1S/C20H29N3O3S/c1-15-4-2-5-16(10-15)11-17-12-22(13-17)20(24)21-18-6-3-9-23(14-18)27(25,26)19-7-8-19/h2,4-5,10,17-19H,3,6-9,11-14H2,1H3,(H,21,24)/t18-/m1/s1. The van der Waals surface area contributed by atoms with Crippen LogP contribution in [0.25, 0.3) is 0 Å². The summed E-state index contributed by atoms with van der Waals surface area (Å²) in [4.78, 5) is 14.3. The van der Waals surface area contributed by atoms with Crippen molar-refractivity contribution in [3.05, 3.63) is 35.4 Å². The van der Waals surface area contributed by atoms with Gasteiger partial charge in [-0.05, 0) is 50.5 Å². The number of hydrogen-bond donors (Lipinski definition) is 1. The van der Waals surface area contributed by atoms with E-state index in [0.717, 1.165) is 45.2 Å². The lowest BCUT2D eigenvalue weighted by Crippen LogP contribution is -2.58. The van der Waals surface area contributed by atoms with Gasteiger partial charge in [-0.2, -0.15) is 4.31 Å². The molecule has 27 heavy (non-hydrogen) atoms. The van der Waals surface area contributed by atoms with E-state index in [1.807, 2.05) is 4.90 Å². The Morgan fingerprint density at radius 2 is 1.96 bits per heavy atom. The first-order valence-corrected chi connectivity index (χ1v) is 11.5. The first kappa shape index (κ1) is 18.7. The van der Waals surface area contributed by atoms with Crippen LogP contribution in [0.2, 0.25) is 0 Å². The van der Waals surface area contributed by atoms with Crippen LogP contribution >= 0.6 is 0 Å². The van der Waals surface area contributed by atoms with E-state index in [2.05, 4.69) is 36.5 Å². The molecule has 3 aliphatic rings. The number of sulfonamides is 1. The lowest BCUT2D eigenvalue weighted by atomic mass is 9.92. The molecule has 7 heteroatoms. The van der Waals surface area contributed by atoms with E-state index in [4.69, 9.17) is 0 Å². The Balaban J connectivity index is 1.24. The van der Waals surface area contributed by atoms with Crippen molar-refractivity contribution >= 4 is 16.1 Å². The van der Waals surface area contributed by atoms with Crippen LogP contribution in [0.3, 0.4) is 0 Å². The van der Waals surface area contributed by atoms with Gasteiger partial charge in [0.05, 0.1) is 5.25 Å². The summed E-state index contributed by atoms with van der Waals surface area (Å²) >= 11 is 0. The van der Waals surface area contributed by atoms with Crippen molar-refractivity contribution in [1.82, 2.24) is 14.5 Å². The molecule has 3 fully saturated rings. The van der Waals surface area contributed by atoms with Gasteiger partial charge in [0.15, 0.2) is 0 Å². The van der Waals surface area contributed by atoms with E-state index in [-0.39, 0.29) is 17.3 Å². The Bertz CT molecular complexity index is 800. The molecule has 2 amide bonds. The van der Waals surface area contributed by atoms with Crippen LogP contribution in [0, 0.1) is 12.8 Å². The van der Waals surface area contributed by atoms with Crippen LogP contribution in [0.15, 0.2) is 24.3 Å². The van der Waals surface area contributed by atoms with Crippen LogP contribution in [-0.2, 0) is 16.4 Å². The van der Waals surface area contributed by atoms with Gasteiger partial charge in [0.25, 0.3) is 0 Å². The van der Waals surface area contributed by atoms with Gasteiger partial charge in [-0.3, -0.25) is 0 Å². The van der Waals surface area contributed by atoms with Gasteiger partial charge < -0.3 is 10.2 Å². The van der Waals surface area contributed by atoms with Gasteiger partial charge in [0, 0.05) is 32.2 Å². The van der Waals surface area contributed by atoms with Gasteiger partial charge in [0.2, 0.25) is 10.0 Å². The van der Waals surface area contributed by atoms with E-state index in [1.54, 1.807) is 4.31 Å². The maximum atomic E-state index is 12.5. The summed E-state index contributed by atoms with van der Waals surface area (Å²) in [7, 11) is -3.15. The van der Waals surface area contributed by atoms with Crippen molar-refractivity contribution < 1.29 is 13.2 Å². The van der Waals surface area contributed by atoms with E-state index < -0.39 is 10.0 Å². The molecule has 148 valence electrons. The Hall–Kier alpha value is -1.60. The third-order valence-corrected chi connectivity index (χ3v) is 8.23. The number of hydrogen-bond acceptors (Lipinski definition) is 3. The topological polar surface area (TPSA) is 69.7 Å². The number of nitrogens with one attached hydrogen (secondary N) is 1. The molecule has 2 heterocycles. The normalized spacial score (nSPS) is 24.5. The number of nitrogens with zero attached hydrogens (tertiary/aromatic N) is 2. The lowest BCUT2D eigenvalue weighted by Gasteiger charge is -2.41. The van der Waals surface area contributed by atoms with Crippen LogP contribution < -0.4 is 5.32 Å². The third-order valence-electron chi connectivity index (χ3n) is 5.87. The lowest BCUT2D eigenvalue weighted by molar-refractivity contribution is 0.115. The summed E-state index contributed by atoms with van der Waals surface area (Å²) in [6.07, 6.45) is 4.23. The Morgan fingerprint density at radius 3 is 2.67 bits per heavy atom. The summed E-state index contributed by atoms with van der Waals surface area (Å²) in [5.74, 6) is 0.510. The second-order valence-electron chi connectivity index (χ2n) is 8.36. The fraction of sp³-hybridized carbons (Fsp3) is 0.650. The molecule has 6 nitrogen and oxygen atoms in total. The maximum Gasteiger partial charge on any atom is 0.317 e. The van der Waals surface area contributed by atoms with E-state index >= 15 is 0 Å². The largest absolute Gasteiger partial charge is 0.334 e. The first-order chi connectivity index (χ1) is 12.9. The molecule has 2 saturated heterocycles. The van der Waals surface area contributed by atoms with Crippen molar-refractivity contribution in [2.24, 2.45) is 5.92 Å². The van der Waals surface area contributed by atoms with Crippen molar-refractivity contribution in [2.75, 3.05) is 26.2 Å². The smallest absolute Gasteiger partial charge is 0.317 e. The highest BCUT2D eigenvalue weighted by Gasteiger charge is 2.42. The van der Waals surface area contributed by atoms with Crippen molar-refractivity contribution in [1.29, 1.82) is 0 Å². The Labute approximate surface area is 162 Å². The molecule has 1 aromatic rings.